The van der Waals surface area contributed by atoms with Gasteiger partial charge < -0.3 is 4.90 Å². The van der Waals surface area contributed by atoms with Crippen LogP contribution in [0.3, 0.4) is 0 Å². The first-order valence-corrected chi connectivity index (χ1v) is 9.71. The van der Waals surface area contributed by atoms with Crippen LogP contribution in [0.5, 0.6) is 0 Å². The number of amides is 1. The fraction of sp³-hybridized carbons (Fsp3) is 0.733. The van der Waals surface area contributed by atoms with Crippen LogP contribution >= 0.6 is 0 Å². The van der Waals surface area contributed by atoms with Crippen LogP contribution in [-0.2, 0) is 16.4 Å². The Hall–Kier alpha value is -1.37. The average molecular weight is 327 g/mol. The van der Waals surface area contributed by atoms with Crippen LogP contribution in [0.15, 0.2) is 6.07 Å². The maximum Gasteiger partial charge on any atom is 0.272 e. The van der Waals surface area contributed by atoms with Gasteiger partial charge in [0.1, 0.15) is 5.69 Å². The number of rotatable bonds is 4. The van der Waals surface area contributed by atoms with Crippen LogP contribution in [-0.4, -0.2) is 53.6 Å². The van der Waals surface area contributed by atoms with Gasteiger partial charge in [-0.3, -0.25) is 9.48 Å². The molecule has 0 N–H and O–H groups in total. The molecule has 2 atom stereocenters. The van der Waals surface area contributed by atoms with Crippen molar-refractivity contribution in [2.75, 3.05) is 13.3 Å². The van der Waals surface area contributed by atoms with E-state index in [9.17, 15) is 13.2 Å². The van der Waals surface area contributed by atoms with Crippen molar-refractivity contribution < 1.29 is 13.2 Å². The van der Waals surface area contributed by atoms with Crippen LogP contribution in [0, 0.1) is 6.92 Å². The van der Waals surface area contributed by atoms with Crippen molar-refractivity contribution in [3.63, 3.8) is 0 Å². The second-order valence-electron chi connectivity index (χ2n) is 6.12. The number of nitrogens with zero attached hydrogens (tertiary/aromatic N) is 3. The van der Waals surface area contributed by atoms with Crippen molar-refractivity contribution in [1.29, 1.82) is 0 Å². The van der Waals surface area contributed by atoms with E-state index in [1.165, 1.54) is 6.26 Å². The van der Waals surface area contributed by atoms with E-state index in [0.717, 1.165) is 25.0 Å². The molecule has 0 unspecified atom stereocenters. The molecule has 1 heterocycles. The molecule has 0 aromatic carbocycles. The van der Waals surface area contributed by atoms with Gasteiger partial charge in [0.05, 0.1) is 10.9 Å². The van der Waals surface area contributed by atoms with E-state index in [1.54, 1.807) is 22.7 Å². The molecule has 0 radical (unpaired) electrons. The summed E-state index contributed by atoms with van der Waals surface area (Å²) < 4.78 is 25.7. The Morgan fingerprint density at radius 1 is 1.41 bits per heavy atom. The Bertz CT molecular complexity index is 651. The fourth-order valence-electron chi connectivity index (χ4n) is 3.31. The third-order valence-electron chi connectivity index (χ3n) is 4.46. The van der Waals surface area contributed by atoms with E-state index in [2.05, 4.69) is 5.10 Å². The Balaban J connectivity index is 2.28. The van der Waals surface area contributed by atoms with Gasteiger partial charge in [-0.25, -0.2) is 8.42 Å². The molecule has 1 aromatic heterocycles. The summed E-state index contributed by atoms with van der Waals surface area (Å²) in [6.07, 6.45) is 4.50. The second kappa shape index (κ2) is 6.40. The highest BCUT2D eigenvalue weighted by Crippen LogP contribution is 2.28. The van der Waals surface area contributed by atoms with Gasteiger partial charge in [0.2, 0.25) is 0 Å². The van der Waals surface area contributed by atoms with Crippen molar-refractivity contribution in [3.05, 3.63) is 17.5 Å². The summed E-state index contributed by atoms with van der Waals surface area (Å²) in [5.41, 5.74) is 1.32. The normalized spacial score (nSPS) is 22.5. The molecule has 0 aliphatic heterocycles. The van der Waals surface area contributed by atoms with Crippen LogP contribution in [0.25, 0.3) is 0 Å². The standard InChI is InChI=1S/C15H25N3O3S/c1-5-18-13(10-11(2)16-18)15(19)17(3)12-8-6-7-9-14(12)22(4,20)21/h10,12,14H,5-9H2,1-4H3/t12-,14+/m0/s1. The Labute approximate surface area is 132 Å². The minimum absolute atomic E-state index is 0.150. The fourth-order valence-corrected chi connectivity index (χ4v) is 4.79. The first-order valence-electron chi connectivity index (χ1n) is 7.76. The molecule has 124 valence electrons. The maximum atomic E-state index is 12.8. The summed E-state index contributed by atoms with van der Waals surface area (Å²) >= 11 is 0. The largest absolute Gasteiger partial charge is 0.336 e. The molecule has 1 fully saturated rings. The predicted octanol–water partition coefficient (Wildman–Crippen LogP) is 1.64. The zero-order valence-corrected chi connectivity index (χ0v) is 14.6. The molecule has 1 aromatic rings. The lowest BCUT2D eigenvalue weighted by Crippen LogP contribution is -2.49. The third kappa shape index (κ3) is 3.34. The van der Waals surface area contributed by atoms with E-state index in [4.69, 9.17) is 0 Å². The molecule has 7 heteroatoms. The quantitative estimate of drug-likeness (QED) is 0.843. The van der Waals surface area contributed by atoms with Crippen LogP contribution < -0.4 is 0 Å². The molecule has 2 rings (SSSR count). The number of aromatic nitrogens is 2. The number of carbonyl (C=O) groups is 1. The topological polar surface area (TPSA) is 72.3 Å². The zero-order valence-electron chi connectivity index (χ0n) is 13.7. The number of sulfone groups is 1. The Morgan fingerprint density at radius 2 is 2.05 bits per heavy atom. The van der Waals surface area contributed by atoms with E-state index >= 15 is 0 Å². The van der Waals surface area contributed by atoms with Gasteiger partial charge in [-0.1, -0.05) is 12.8 Å². The van der Waals surface area contributed by atoms with Gasteiger partial charge in [-0.05, 0) is 32.8 Å². The first-order chi connectivity index (χ1) is 10.3. The summed E-state index contributed by atoms with van der Waals surface area (Å²) in [5, 5.41) is 3.83. The monoisotopic (exact) mass is 327 g/mol. The van der Waals surface area contributed by atoms with Gasteiger partial charge >= 0.3 is 0 Å². The summed E-state index contributed by atoms with van der Waals surface area (Å²) in [6, 6.07) is 1.51. The molecule has 22 heavy (non-hydrogen) atoms. The summed E-state index contributed by atoms with van der Waals surface area (Å²) in [6.45, 7) is 4.40. The molecule has 1 saturated carbocycles. The van der Waals surface area contributed by atoms with Crippen molar-refractivity contribution in [2.24, 2.45) is 0 Å². The van der Waals surface area contributed by atoms with Gasteiger partial charge in [0.15, 0.2) is 9.84 Å². The molecule has 1 aliphatic rings. The van der Waals surface area contributed by atoms with E-state index in [-0.39, 0.29) is 11.9 Å². The number of hydrogen-bond donors (Lipinski definition) is 0. The van der Waals surface area contributed by atoms with Gasteiger partial charge in [0, 0.05) is 25.9 Å². The third-order valence-corrected chi connectivity index (χ3v) is 6.11. The lowest BCUT2D eigenvalue weighted by Gasteiger charge is -2.36. The molecule has 6 nitrogen and oxygen atoms in total. The minimum Gasteiger partial charge on any atom is -0.336 e. The van der Waals surface area contributed by atoms with Crippen LogP contribution in [0.2, 0.25) is 0 Å². The molecular formula is C15H25N3O3S. The summed E-state index contributed by atoms with van der Waals surface area (Å²) in [7, 11) is -1.46. The van der Waals surface area contributed by atoms with Crippen molar-refractivity contribution in [1.82, 2.24) is 14.7 Å². The van der Waals surface area contributed by atoms with Crippen molar-refractivity contribution in [2.45, 2.75) is 57.4 Å². The van der Waals surface area contributed by atoms with E-state index in [0.29, 0.717) is 18.7 Å². The minimum atomic E-state index is -3.16. The maximum absolute atomic E-state index is 12.8. The highest BCUT2D eigenvalue weighted by molar-refractivity contribution is 7.91. The molecular weight excluding hydrogens is 302 g/mol. The Kier molecular flexibility index (Phi) is 4.94. The van der Waals surface area contributed by atoms with Crippen LogP contribution in [0.1, 0.15) is 48.8 Å². The van der Waals surface area contributed by atoms with E-state index in [1.807, 2.05) is 13.8 Å². The predicted molar refractivity (Wildman–Crippen MR) is 85.6 cm³/mol. The first kappa shape index (κ1) is 17.0. The average Bonchev–Trinajstić information content (AvgIpc) is 2.86. The number of carbonyl (C=O) groups excluding carboxylic acids is 1. The molecule has 0 spiro atoms. The summed E-state index contributed by atoms with van der Waals surface area (Å²) in [4.78, 5) is 14.4. The van der Waals surface area contributed by atoms with Crippen molar-refractivity contribution in [3.8, 4) is 0 Å². The van der Waals surface area contributed by atoms with Crippen molar-refractivity contribution >= 4 is 15.7 Å². The van der Waals surface area contributed by atoms with E-state index < -0.39 is 15.1 Å². The lowest BCUT2D eigenvalue weighted by molar-refractivity contribution is 0.0688. The molecule has 0 bridgehead atoms. The highest BCUT2D eigenvalue weighted by atomic mass is 32.2. The lowest BCUT2D eigenvalue weighted by atomic mass is 9.93. The second-order valence-corrected chi connectivity index (χ2v) is 8.39. The molecule has 1 aliphatic carbocycles. The van der Waals surface area contributed by atoms with Gasteiger partial charge in [-0.2, -0.15) is 5.10 Å². The SMILES string of the molecule is CCn1nc(C)cc1C(=O)N(C)[C@H]1CCCC[C@H]1S(C)(=O)=O. The molecule has 1 amide bonds. The Morgan fingerprint density at radius 3 is 2.64 bits per heavy atom. The molecule has 0 saturated heterocycles. The summed E-state index contributed by atoms with van der Waals surface area (Å²) in [5.74, 6) is -0.150. The smallest absolute Gasteiger partial charge is 0.272 e. The number of hydrogen-bond acceptors (Lipinski definition) is 4. The van der Waals surface area contributed by atoms with Crippen LogP contribution in [0.4, 0.5) is 0 Å². The zero-order chi connectivity index (χ0) is 16.5. The van der Waals surface area contributed by atoms with Gasteiger partial charge in [0.25, 0.3) is 5.91 Å². The highest BCUT2D eigenvalue weighted by Gasteiger charge is 2.37. The van der Waals surface area contributed by atoms with Gasteiger partial charge in [-0.15, -0.1) is 0 Å². The number of aryl methyl sites for hydroxylation is 2.